The maximum absolute atomic E-state index is 12.7. The second-order valence-electron chi connectivity index (χ2n) is 8.20. The molecule has 0 aliphatic carbocycles. The van der Waals surface area contributed by atoms with Gasteiger partial charge >= 0.3 is 12.1 Å². The lowest BCUT2D eigenvalue weighted by atomic mass is 10.2. The van der Waals surface area contributed by atoms with Crippen molar-refractivity contribution in [3.63, 3.8) is 0 Å². The fraction of sp³-hybridized carbons (Fsp3) is 0.304. The van der Waals surface area contributed by atoms with Crippen molar-refractivity contribution in [1.82, 2.24) is 29.6 Å². The smallest absolute Gasteiger partial charge is 0.353 e. The number of carbonyl (C=O) groups excluding carboxylic acids is 1. The van der Waals surface area contributed by atoms with E-state index >= 15 is 0 Å². The molecule has 0 N–H and O–H groups in total. The van der Waals surface area contributed by atoms with Crippen molar-refractivity contribution in [3.8, 4) is 11.4 Å². The van der Waals surface area contributed by atoms with E-state index in [-0.39, 0.29) is 30.3 Å². The molecular formula is C23H20F3N7O3. The molecular weight excluding hydrogens is 479 g/mol. The maximum Gasteiger partial charge on any atom is 0.471 e. The molecule has 1 saturated heterocycles. The third kappa shape index (κ3) is 4.76. The molecule has 36 heavy (non-hydrogen) atoms. The number of para-hydroxylation sites is 1. The molecule has 5 rings (SSSR count). The number of rotatable bonds is 5. The van der Waals surface area contributed by atoms with Crippen LogP contribution in [-0.4, -0.2) is 61.7 Å². The fourth-order valence-electron chi connectivity index (χ4n) is 3.99. The Labute approximate surface area is 202 Å². The van der Waals surface area contributed by atoms with Crippen molar-refractivity contribution in [1.29, 1.82) is 0 Å². The lowest BCUT2D eigenvalue weighted by molar-refractivity contribution is -0.159. The predicted octanol–water partition coefficient (Wildman–Crippen LogP) is 2.60. The number of aromatic nitrogens is 5. The number of hydrogen-bond donors (Lipinski definition) is 0. The van der Waals surface area contributed by atoms with Crippen LogP contribution in [0.15, 0.2) is 58.2 Å². The van der Waals surface area contributed by atoms with E-state index in [1.807, 2.05) is 11.0 Å². The lowest BCUT2D eigenvalue weighted by Gasteiger charge is -2.35. The summed E-state index contributed by atoms with van der Waals surface area (Å²) in [5.41, 5.74) is 0.736. The van der Waals surface area contributed by atoms with Gasteiger partial charge in [-0.1, -0.05) is 17.3 Å². The molecule has 1 aromatic carbocycles. The first-order valence-electron chi connectivity index (χ1n) is 11.1. The van der Waals surface area contributed by atoms with Crippen molar-refractivity contribution in [2.24, 2.45) is 0 Å². The Hall–Kier alpha value is -4.29. The Kier molecular flexibility index (Phi) is 6.12. The molecule has 10 nitrogen and oxygen atoms in total. The van der Waals surface area contributed by atoms with Gasteiger partial charge in [-0.3, -0.25) is 14.2 Å². The molecule has 0 saturated carbocycles. The summed E-state index contributed by atoms with van der Waals surface area (Å²) in [4.78, 5) is 41.0. The number of pyridine rings is 1. The maximum atomic E-state index is 12.7. The number of halogens is 3. The molecule has 4 aromatic rings. The molecule has 1 amide bonds. The van der Waals surface area contributed by atoms with Crippen LogP contribution in [0.2, 0.25) is 0 Å². The van der Waals surface area contributed by atoms with Crippen molar-refractivity contribution >= 4 is 22.6 Å². The first kappa shape index (κ1) is 23.5. The highest BCUT2D eigenvalue weighted by molar-refractivity contribution is 5.78. The summed E-state index contributed by atoms with van der Waals surface area (Å²) >= 11 is 0. The molecule has 1 aliphatic rings. The molecule has 13 heteroatoms. The zero-order chi connectivity index (χ0) is 25.3. The summed E-state index contributed by atoms with van der Waals surface area (Å²) in [5.74, 6) is -1.04. The normalized spacial score (nSPS) is 14.4. The van der Waals surface area contributed by atoms with Gasteiger partial charge in [-0.05, 0) is 24.3 Å². The fourth-order valence-corrected chi connectivity index (χ4v) is 3.99. The Bertz CT molecular complexity index is 1440. The minimum atomic E-state index is -4.71. The number of amides is 1. The number of alkyl halides is 3. The third-order valence-electron chi connectivity index (χ3n) is 5.93. The first-order valence-corrected chi connectivity index (χ1v) is 11.1. The molecule has 3 aromatic heterocycles. The third-order valence-corrected chi connectivity index (χ3v) is 5.93. The number of anilines is 1. The van der Waals surface area contributed by atoms with Gasteiger partial charge in [-0.25, -0.2) is 9.97 Å². The van der Waals surface area contributed by atoms with Crippen molar-refractivity contribution in [2.75, 3.05) is 31.1 Å². The van der Waals surface area contributed by atoms with Gasteiger partial charge in [0, 0.05) is 50.9 Å². The summed E-state index contributed by atoms with van der Waals surface area (Å²) < 4.78 is 43.7. The Balaban J connectivity index is 1.16. The molecule has 0 unspecified atom stereocenters. The van der Waals surface area contributed by atoms with Gasteiger partial charge in [0.15, 0.2) is 0 Å². The predicted molar refractivity (Wildman–Crippen MR) is 122 cm³/mol. The zero-order valence-corrected chi connectivity index (χ0v) is 18.9. The van der Waals surface area contributed by atoms with Gasteiger partial charge in [0.25, 0.3) is 5.56 Å². The minimum Gasteiger partial charge on any atom is -0.353 e. The van der Waals surface area contributed by atoms with E-state index in [1.54, 1.807) is 35.2 Å². The molecule has 0 radical (unpaired) electrons. The van der Waals surface area contributed by atoms with Crippen molar-refractivity contribution in [2.45, 2.75) is 19.1 Å². The highest BCUT2D eigenvalue weighted by atomic mass is 19.4. The zero-order valence-electron chi connectivity index (χ0n) is 18.9. The van der Waals surface area contributed by atoms with Gasteiger partial charge in [0.05, 0.1) is 17.2 Å². The van der Waals surface area contributed by atoms with E-state index in [0.717, 1.165) is 0 Å². The SMILES string of the molecule is O=C(CCn1cnc2ccccc2c1=O)N1CCN(c2ccc(-c3noc(C(F)(F)F)n3)cn2)CC1. The van der Waals surface area contributed by atoms with Crippen LogP contribution >= 0.6 is 0 Å². The van der Waals surface area contributed by atoms with Crippen LogP contribution < -0.4 is 10.5 Å². The standard InChI is InChI=1S/C23H20F3N7O3/c24-23(25,26)22-29-20(30-36-22)15-5-6-18(27-13-15)31-9-11-32(12-10-31)19(34)7-8-33-14-28-17-4-2-1-3-16(17)21(33)35/h1-6,13-14H,7-12H2. The van der Waals surface area contributed by atoms with Gasteiger partial charge in [0.1, 0.15) is 5.82 Å². The van der Waals surface area contributed by atoms with Crippen molar-refractivity contribution < 1.29 is 22.5 Å². The number of nitrogens with zero attached hydrogens (tertiary/aromatic N) is 7. The number of benzene rings is 1. The van der Waals surface area contributed by atoms with E-state index in [1.165, 1.54) is 17.1 Å². The molecule has 0 bridgehead atoms. The Morgan fingerprint density at radius 2 is 1.81 bits per heavy atom. The molecule has 0 spiro atoms. The molecule has 186 valence electrons. The lowest BCUT2D eigenvalue weighted by Crippen LogP contribution is -2.49. The van der Waals surface area contributed by atoms with Crippen LogP contribution in [0.1, 0.15) is 12.3 Å². The van der Waals surface area contributed by atoms with Crippen LogP contribution in [0.25, 0.3) is 22.3 Å². The molecule has 4 heterocycles. The van der Waals surface area contributed by atoms with Crippen LogP contribution in [-0.2, 0) is 17.5 Å². The number of piperazine rings is 1. The van der Waals surface area contributed by atoms with E-state index in [4.69, 9.17) is 0 Å². The summed E-state index contributed by atoms with van der Waals surface area (Å²) in [6, 6.07) is 10.3. The second-order valence-corrected chi connectivity index (χ2v) is 8.20. The van der Waals surface area contributed by atoms with E-state index in [0.29, 0.717) is 48.5 Å². The summed E-state index contributed by atoms with van der Waals surface area (Å²) in [7, 11) is 0. The summed E-state index contributed by atoms with van der Waals surface area (Å²) in [6.45, 7) is 2.27. The van der Waals surface area contributed by atoms with Crippen LogP contribution in [0.4, 0.5) is 19.0 Å². The first-order chi connectivity index (χ1) is 17.3. The van der Waals surface area contributed by atoms with Gasteiger partial charge in [-0.2, -0.15) is 18.2 Å². The van der Waals surface area contributed by atoms with Gasteiger partial charge in [-0.15, -0.1) is 0 Å². The summed E-state index contributed by atoms with van der Waals surface area (Å²) in [6.07, 6.45) is -1.69. The molecule has 1 aliphatic heterocycles. The minimum absolute atomic E-state index is 0.0596. The highest BCUT2D eigenvalue weighted by Crippen LogP contribution is 2.29. The van der Waals surface area contributed by atoms with E-state index in [9.17, 15) is 22.8 Å². The Morgan fingerprint density at radius 1 is 1.03 bits per heavy atom. The van der Waals surface area contributed by atoms with E-state index in [2.05, 4.69) is 24.6 Å². The quantitative estimate of drug-likeness (QED) is 0.412. The van der Waals surface area contributed by atoms with Crippen LogP contribution in [0.3, 0.4) is 0 Å². The van der Waals surface area contributed by atoms with Gasteiger partial charge < -0.3 is 14.3 Å². The topological polar surface area (TPSA) is 110 Å². The monoisotopic (exact) mass is 499 g/mol. The van der Waals surface area contributed by atoms with Gasteiger partial charge in [0.2, 0.25) is 11.7 Å². The largest absolute Gasteiger partial charge is 0.471 e. The second kappa shape index (κ2) is 9.40. The number of fused-ring (bicyclic) bond motifs is 1. The van der Waals surface area contributed by atoms with Crippen LogP contribution in [0.5, 0.6) is 0 Å². The average Bonchev–Trinajstić information content (AvgIpc) is 3.40. The molecule has 1 fully saturated rings. The Morgan fingerprint density at radius 3 is 2.50 bits per heavy atom. The molecule has 0 atom stereocenters. The number of carbonyl (C=O) groups is 1. The van der Waals surface area contributed by atoms with Crippen LogP contribution in [0, 0.1) is 0 Å². The number of hydrogen-bond acceptors (Lipinski definition) is 8. The summed E-state index contributed by atoms with van der Waals surface area (Å²) in [5, 5.41) is 3.87. The highest BCUT2D eigenvalue weighted by Gasteiger charge is 2.38. The average molecular weight is 499 g/mol. The van der Waals surface area contributed by atoms with Crippen molar-refractivity contribution in [3.05, 3.63) is 65.2 Å². The van der Waals surface area contributed by atoms with E-state index < -0.39 is 12.1 Å². The number of aryl methyl sites for hydroxylation is 1.